The number of rotatable bonds is 8. The fourth-order valence-electron chi connectivity index (χ4n) is 2.59. The van der Waals surface area contributed by atoms with E-state index in [0.717, 1.165) is 32.0 Å². The van der Waals surface area contributed by atoms with Crippen LogP contribution in [0.4, 0.5) is 0 Å². The summed E-state index contributed by atoms with van der Waals surface area (Å²) in [7, 11) is 6.29. The van der Waals surface area contributed by atoms with Crippen LogP contribution in [0.25, 0.3) is 0 Å². The van der Waals surface area contributed by atoms with Crippen LogP contribution in [0.15, 0.2) is 46.8 Å². The van der Waals surface area contributed by atoms with Crippen LogP contribution in [0.5, 0.6) is 0 Å². The number of nitrogens with zero attached hydrogens (tertiary/aromatic N) is 3. The third kappa shape index (κ3) is 8.05. The maximum atomic E-state index is 4.80. The van der Waals surface area contributed by atoms with Crippen LogP contribution in [0, 0.1) is 0 Å². The van der Waals surface area contributed by atoms with Gasteiger partial charge in [-0.05, 0) is 50.0 Å². The maximum Gasteiger partial charge on any atom is 0.193 e. The third-order valence-corrected chi connectivity index (χ3v) is 4.84. The van der Waals surface area contributed by atoms with Gasteiger partial charge in [0.1, 0.15) is 0 Å². The van der Waals surface area contributed by atoms with E-state index >= 15 is 0 Å². The molecule has 0 saturated heterocycles. The summed E-state index contributed by atoms with van der Waals surface area (Å²) in [6, 6.07) is 13.0. The molecule has 1 N–H and O–H groups in total. The lowest BCUT2D eigenvalue weighted by Gasteiger charge is -2.21. The number of hydrogen-bond acceptors (Lipinski definition) is 3. The largest absolute Gasteiger partial charge is 0.357 e. The van der Waals surface area contributed by atoms with Crippen molar-refractivity contribution < 1.29 is 0 Å². The van der Waals surface area contributed by atoms with Gasteiger partial charge < -0.3 is 15.1 Å². The monoisotopic (exact) mass is 486 g/mol. The summed E-state index contributed by atoms with van der Waals surface area (Å²) in [5.74, 6) is 0.969. The van der Waals surface area contributed by atoms with Crippen molar-refractivity contribution in [3.63, 3.8) is 0 Å². The molecule has 0 aliphatic rings. The van der Waals surface area contributed by atoms with Crippen molar-refractivity contribution in [2.75, 3.05) is 34.2 Å². The Balaban J connectivity index is 0.00000338. The topological polar surface area (TPSA) is 30.9 Å². The summed E-state index contributed by atoms with van der Waals surface area (Å²) in [6.45, 7) is 5.63. The first-order valence-electron chi connectivity index (χ1n) is 8.83. The maximum absolute atomic E-state index is 4.80. The average Bonchev–Trinajstić information content (AvgIpc) is 3.11. The number of halogens is 1. The Morgan fingerprint density at radius 1 is 1.08 bits per heavy atom. The molecule has 4 nitrogen and oxygen atoms in total. The SMILES string of the molecule is CCNC(=NCc1ccc(CN(C)C)cc1)N(C)CCc1cccs1.I. The van der Waals surface area contributed by atoms with Crippen LogP contribution in [-0.4, -0.2) is 50.0 Å². The first kappa shape index (κ1) is 22.9. The van der Waals surface area contributed by atoms with Crippen molar-refractivity contribution in [3.05, 3.63) is 57.8 Å². The highest BCUT2D eigenvalue weighted by Crippen LogP contribution is 2.10. The zero-order chi connectivity index (χ0) is 18.1. The zero-order valence-corrected chi connectivity index (χ0v) is 19.4. The second-order valence-electron chi connectivity index (χ2n) is 6.48. The number of aliphatic imine (C=N–C) groups is 1. The highest BCUT2D eigenvalue weighted by atomic mass is 127. The fourth-order valence-corrected chi connectivity index (χ4v) is 3.29. The van der Waals surface area contributed by atoms with E-state index in [0.29, 0.717) is 6.54 Å². The summed E-state index contributed by atoms with van der Waals surface area (Å²) >= 11 is 1.82. The lowest BCUT2D eigenvalue weighted by molar-refractivity contribution is 0.402. The Morgan fingerprint density at radius 2 is 1.77 bits per heavy atom. The van der Waals surface area contributed by atoms with Gasteiger partial charge in [0.25, 0.3) is 0 Å². The van der Waals surface area contributed by atoms with Crippen LogP contribution in [0.1, 0.15) is 22.9 Å². The molecular weight excluding hydrogens is 455 g/mol. The van der Waals surface area contributed by atoms with Gasteiger partial charge in [0.15, 0.2) is 5.96 Å². The van der Waals surface area contributed by atoms with E-state index in [1.54, 1.807) is 0 Å². The van der Waals surface area contributed by atoms with Crippen LogP contribution in [-0.2, 0) is 19.5 Å². The molecule has 1 aromatic heterocycles. The molecule has 1 aromatic carbocycles. The summed E-state index contributed by atoms with van der Waals surface area (Å²) in [5.41, 5.74) is 2.57. The molecule has 0 amide bonds. The van der Waals surface area contributed by atoms with Crippen molar-refractivity contribution >= 4 is 41.3 Å². The van der Waals surface area contributed by atoms with Crippen molar-refractivity contribution in [1.82, 2.24) is 15.1 Å². The molecule has 0 aliphatic heterocycles. The number of likely N-dealkylation sites (N-methyl/N-ethyl adjacent to an activating group) is 1. The summed E-state index contributed by atoms with van der Waals surface area (Å²) in [4.78, 5) is 10.6. The number of nitrogens with one attached hydrogen (secondary N) is 1. The molecule has 0 fully saturated rings. The van der Waals surface area contributed by atoms with Crippen molar-refractivity contribution in [2.45, 2.75) is 26.4 Å². The van der Waals surface area contributed by atoms with Gasteiger partial charge >= 0.3 is 0 Å². The number of guanidine groups is 1. The van der Waals surface area contributed by atoms with Gasteiger partial charge in [-0.25, -0.2) is 4.99 Å². The van der Waals surface area contributed by atoms with Gasteiger partial charge in [0, 0.05) is 31.6 Å². The lowest BCUT2D eigenvalue weighted by atomic mass is 10.1. The van der Waals surface area contributed by atoms with E-state index in [4.69, 9.17) is 4.99 Å². The molecule has 2 aromatic rings. The molecule has 144 valence electrons. The minimum atomic E-state index is 0. The van der Waals surface area contributed by atoms with Gasteiger partial charge in [0.05, 0.1) is 6.54 Å². The van der Waals surface area contributed by atoms with Gasteiger partial charge in [-0.15, -0.1) is 35.3 Å². The van der Waals surface area contributed by atoms with Crippen molar-refractivity contribution in [2.24, 2.45) is 4.99 Å². The average molecular weight is 486 g/mol. The second-order valence-corrected chi connectivity index (χ2v) is 7.51. The molecule has 0 radical (unpaired) electrons. The summed E-state index contributed by atoms with van der Waals surface area (Å²) in [6.07, 6.45) is 1.05. The number of hydrogen-bond donors (Lipinski definition) is 1. The van der Waals surface area contributed by atoms with Gasteiger partial charge in [0.2, 0.25) is 0 Å². The van der Waals surface area contributed by atoms with E-state index in [1.165, 1.54) is 16.0 Å². The first-order valence-corrected chi connectivity index (χ1v) is 9.71. The van der Waals surface area contributed by atoms with E-state index in [2.05, 4.69) is 85.0 Å². The van der Waals surface area contributed by atoms with E-state index in [-0.39, 0.29) is 24.0 Å². The summed E-state index contributed by atoms with van der Waals surface area (Å²) < 4.78 is 0. The van der Waals surface area contributed by atoms with Crippen LogP contribution < -0.4 is 5.32 Å². The van der Waals surface area contributed by atoms with Crippen LogP contribution >= 0.6 is 35.3 Å². The molecule has 0 unspecified atom stereocenters. The second kappa shape index (κ2) is 12.3. The fraction of sp³-hybridized carbons (Fsp3) is 0.450. The van der Waals surface area contributed by atoms with Gasteiger partial charge in [-0.3, -0.25) is 0 Å². The zero-order valence-electron chi connectivity index (χ0n) is 16.2. The van der Waals surface area contributed by atoms with Gasteiger partial charge in [-0.1, -0.05) is 30.3 Å². The molecule has 0 saturated carbocycles. The molecule has 0 aliphatic carbocycles. The van der Waals surface area contributed by atoms with Gasteiger partial charge in [-0.2, -0.15) is 0 Å². The lowest BCUT2D eigenvalue weighted by Crippen LogP contribution is -2.39. The smallest absolute Gasteiger partial charge is 0.193 e. The highest BCUT2D eigenvalue weighted by Gasteiger charge is 2.06. The number of benzene rings is 1. The quantitative estimate of drug-likeness (QED) is 0.347. The molecule has 0 bridgehead atoms. The molecule has 0 spiro atoms. The standard InChI is InChI=1S/C20H30N4S.HI/c1-5-21-20(24(4)13-12-19-7-6-14-25-19)22-15-17-8-10-18(11-9-17)16-23(2)3;/h6-11,14H,5,12-13,15-16H2,1-4H3,(H,21,22);1H. The van der Waals surface area contributed by atoms with Crippen molar-refractivity contribution in [1.29, 1.82) is 0 Å². The normalized spacial score (nSPS) is 11.3. The van der Waals surface area contributed by atoms with E-state index < -0.39 is 0 Å². The molecule has 6 heteroatoms. The Kier molecular flexibility index (Phi) is 10.8. The summed E-state index contributed by atoms with van der Waals surface area (Å²) in [5, 5.41) is 5.53. The third-order valence-electron chi connectivity index (χ3n) is 3.90. The first-order chi connectivity index (χ1) is 12.1. The Bertz CT molecular complexity index is 638. The van der Waals surface area contributed by atoms with E-state index in [9.17, 15) is 0 Å². The van der Waals surface area contributed by atoms with Crippen LogP contribution in [0.2, 0.25) is 0 Å². The molecule has 1 heterocycles. The molecular formula is C20H31IN4S. The number of thiophene rings is 1. The Morgan fingerprint density at radius 3 is 2.35 bits per heavy atom. The molecule has 26 heavy (non-hydrogen) atoms. The minimum Gasteiger partial charge on any atom is -0.357 e. The molecule has 2 rings (SSSR count). The molecule has 0 atom stereocenters. The van der Waals surface area contributed by atoms with Crippen molar-refractivity contribution in [3.8, 4) is 0 Å². The Labute approximate surface area is 179 Å². The highest BCUT2D eigenvalue weighted by molar-refractivity contribution is 14.0. The minimum absolute atomic E-state index is 0. The Hall–Kier alpha value is -1.12. The predicted octanol–water partition coefficient (Wildman–Crippen LogP) is 4.07. The predicted molar refractivity (Wildman–Crippen MR) is 125 cm³/mol. The van der Waals surface area contributed by atoms with E-state index in [1.807, 2.05) is 11.3 Å². The van der Waals surface area contributed by atoms with Crippen LogP contribution in [0.3, 0.4) is 0 Å².